The number of nitrogens with zero attached hydrogens (tertiary/aromatic N) is 2. The fourth-order valence-electron chi connectivity index (χ4n) is 3.72. The number of hydrogen-bond donors (Lipinski definition) is 1. The largest absolute Gasteiger partial charge is 0.341 e. The van der Waals surface area contributed by atoms with Gasteiger partial charge in [-0.3, -0.25) is 4.79 Å². The summed E-state index contributed by atoms with van der Waals surface area (Å²) in [7, 11) is -3.67. The van der Waals surface area contributed by atoms with E-state index in [1.54, 1.807) is 0 Å². The van der Waals surface area contributed by atoms with Crippen LogP contribution in [0.15, 0.2) is 29.2 Å². The fourth-order valence-corrected chi connectivity index (χ4v) is 5.19. The Bertz CT molecular complexity index is 739. The molecule has 1 N–H and O–H groups in total. The molecule has 0 radical (unpaired) electrons. The van der Waals surface area contributed by atoms with Gasteiger partial charge in [0.15, 0.2) is 0 Å². The third-order valence-electron chi connectivity index (χ3n) is 5.19. The van der Waals surface area contributed by atoms with Crippen molar-refractivity contribution in [3.05, 3.63) is 30.1 Å². The predicted octanol–water partition coefficient (Wildman–Crippen LogP) is 1.44. The summed E-state index contributed by atoms with van der Waals surface area (Å²) in [5, 5.41) is 3.35. The van der Waals surface area contributed by atoms with Crippen molar-refractivity contribution in [2.75, 3.05) is 32.7 Å². The van der Waals surface area contributed by atoms with Gasteiger partial charge in [-0.1, -0.05) is 0 Å². The summed E-state index contributed by atoms with van der Waals surface area (Å²) in [6, 6.07) is 5.21. The van der Waals surface area contributed by atoms with Crippen LogP contribution in [0.1, 0.15) is 26.2 Å². The molecule has 1 aromatic carbocycles. The fraction of sp³-hybridized carbons (Fsp3) is 0.611. The van der Waals surface area contributed by atoms with Crippen LogP contribution in [0.2, 0.25) is 0 Å². The van der Waals surface area contributed by atoms with Gasteiger partial charge >= 0.3 is 0 Å². The zero-order valence-electron chi connectivity index (χ0n) is 15.0. The minimum absolute atomic E-state index is 0.0199. The molecule has 2 fully saturated rings. The van der Waals surface area contributed by atoms with Crippen molar-refractivity contribution < 1.29 is 17.6 Å². The maximum Gasteiger partial charge on any atom is 0.243 e. The van der Waals surface area contributed by atoms with Gasteiger partial charge in [-0.05, 0) is 57.0 Å². The van der Waals surface area contributed by atoms with Crippen molar-refractivity contribution in [1.29, 1.82) is 0 Å². The Labute approximate surface area is 154 Å². The van der Waals surface area contributed by atoms with E-state index in [1.165, 1.54) is 16.4 Å². The number of benzene rings is 1. The summed E-state index contributed by atoms with van der Waals surface area (Å²) in [6.45, 7) is 4.54. The van der Waals surface area contributed by atoms with Crippen LogP contribution < -0.4 is 5.32 Å². The summed E-state index contributed by atoms with van der Waals surface area (Å²) < 4.78 is 40.0. The summed E-state index contributed by atoms with van der Waals surface area (Å²) in [5.74, 6) is -0.307. The number of amides is 1. The second kappa shape index (κ2) is 8.02. The van der Waals surface area contributed by atoms with Crippen molar-refractivity contribution in [3.8, 4) is 0 Å². The standard InChI is InChI=1S/C18H26FN3O3S/c1-14-13-15(7-8-20-14)18(23)21-9-2-10-22(12-11-21)26(24,25)17-5-3-16(19)4-6-17/h3-6,14-15,20H,2,7-13H2,1H3/t14-,15-/m0/s1. The average molecular weight is 383 g/mol. The van der Waals surface area contributed by atoms with Gasteiger partial charge < -0.3 is 10.2 Å². The number of carbonyl (C=O) groups excluding carboxylic acids is 1. The summed E-state index contributed by atoms with van der Waals surface area (Å²) in [6.07, 6.45) is 2.26. The molecule has 0 aliphatic carbocycles. The second-order valence-electron chi connectivity index (χ2n) is 7.11. The van der Waals surface area contributed by atoms with Crippen molar-refractivity contribution in [2.45, 2.75) is 37.1 Å². The van der Waals surface area contributed by atoms with Crippen LogP contribution in [0.3, 0.4) is 0 Å². The molecule has 1 aromatic rings. The summed E-state index contributed by atoms with van der Waals surface area (Å²) in [5.41, 5.74) is 0. The molecule has 0 saturated carbocycles. The third-order valence-corrected chi connectivity index (χ3v) is 7.10. The van der Waals surface area contributed by atoms with Crippen molar-refractivity contribution >= 4 is 15.9 Å². The Morgan fingerprint density at radius 1 is 1.15 bits per heavy atom. The lowest BCUT2D eigenvalue weighted by Crippen LogP contribution is -2.45. The Kier molecular flexibility index (Phi) is 5.94. The SMILES string of the molecule is C[C@H]1C[C@@H](C(=O)N2CCCN(S(=O)(=O)c3ccc(F)cc3)CC2)CCN1. The van der Waals surface area contributed by atoms with Gasteiger partial charge in [-0.25, -0.2) is 12.8 Å². The lowest BCUT2D eigenvalue weighted by molar-refractivity contribution is -0.136. The van der Waals surface area contributed by atoms with Crippen molar-refractivity contribution in [2.24, 2.45) is 5.92 Å². The van der Waals surface area contributed by atoms with Crippen LogP contribution in [0.5, 0.6) is 0 Å². The molecule has 0 aromatic heterocycles. The van der Waals surface area contributed by atoms with Gasteiger partial charge in [-0.15, -0.1) is 0 Å². The van der Waals surface area contributed by atoms with Crippen LogP contribution in [-0.4, -0.2) is 62.3 Å². The highest BCUT2D eigenvalue weighted by Gasteiger charge is 2.32. The molecule has 2 heterocycles. The van der Waals surface area contributed by atoms with E-state index >= 15 is 0 Å². The van der Waals surface area contributed by atoms with E-state index in [1.807, 2.05) is 4.90 Å². The van der Waals surface area contributed by atoms with E-state index in [0.29, 0.717) is 32.1 Å². The van der Waals surface area contributed by atoms with Crippen LogP contribution in [0.25, 0.3) is 0 Å². The maximum atomic E-state index is 13.1. The lowest BCUT2D eigenvalue weighted by atomic mass is 9.92. The van der Waals surface area contributed by atoms with E-state index in [-0.39, 0.29) is 23.3 Å². The first-order valence-corrected chi connectivity index (χ1v) is 10.6. The Balaban J connectivity index is 1.66. The zero-order chi connectivity index (χ0) is 18.7. The Morgan fingerprint density at radius 2 is 1.88 bits per heavy atom. The zero-order valence-corrected chi connectivity index (χ0v) is 15.8. The molecule has 0 spiro atoms. The van der Waals surface area contributed by atoms with Crippen LogP contribution in [0, 0.1) is 11.7 Å². The van der Waals surface area contributed by atoms with Gasteiger partial charge in [0.2, 0.25) is 15.9 Å². The van der Waals surface area contributed by atoms with Crippen LogP contribution >= 0.6 is 0 Å². The minimum atomic E-state index is -3.67. The molecule has 2 saturated heterocycles. The Hall–Kier alpha value is -1.51. The van der Waals surface area contributed by atoms with Gasteiger partial charge in [0.25, 0.3) is 0 Å². The van der Waals surface area contributed by atoms with Gasteiger partial charge in [0.1, 0.15) is 5.82 Å². The lowest BCUT2D eigenvalue weighted by Gasteiger charge is -2.31. The molecule has 3 rings (SSSR count). The summed E-state index contributed by atoms with van der Waals surface area (Å²) in [4.78, 5) is 14.7. The number of hydrogen-bond acceptors (Lipinski definition) is 4. The second-order valence-corrected chi connectivity index (χ2v) is 9.05. The van der Waals surface area contributed by atoms with Gasteiger partial charge in [0.05, 0.1) is 4.90 Å². The molecule has 0 bridgehead atoms. The topological polar surface area (TPSA) is 69.7 Å². The van der Waals surface area contributed by atoms with Crippen LogP contribution in [-0.2, 0) is 14.8 Å². The number of rotatable bonds is 3. The molecule has 2 atom stereocenters. The molecule has 0 unspecified atom stereocenters. The van der Waals surface area contributed by atoms with Crippen LogP contribution in [0.4, 0.5) is 4.39 Å². The number of sulfonamides is 1. The van der Waals surface area contributed by atoms with E-state index in [2.05, 4.69) is 12.2 Å². The van der Waals surface area contributed by atoms with Gasteiger partial charge in [-0.2, -0.15) is 4.31 Å². The quantitative estimate of drug-likeness (QED) is 0.858. The smallest absolute Gasteiger partial charge is 0.243 e. The Morgan fingerprint density at radius 3 is 2.58 bits per heavy atom. The molecule has 2 aliphatic rings. The number of nitrogens with one attached hydrogen (secondary N) is 1. The van der Waals surface area contributed by atoms with Crippen molar-refractivity contribution in [3.63, 3.8) is 0 Å². The van der Waals surface area contributed by atoms with Crippen molar-refractivity contribution in [1.82, 2.24) is 14.5 Å². The van der Waals surface area contributed by atoms with E-state index in [0.717, 1.165) is 31.5 Å². The molecule has 26 heavy (non-hydrogen) atoms. The molecule has 2 aliphatic heterocycles. The minimum Gasteiger partial charge on any atom is -0.341 e. The highest BCUT2D eigenvalue weighted by Crippen LogP contribution is 2.22. The highest BCUT2D eigenvalue weighted by molar-refractivity contribution is 7.89. The molecule has 8 heteroatoms. The monoisotopic (exact) mass is 383 g/mol. The van der Waals surface area contributed by atoms with E-state index < -0.39 is 15.8 Å². The predicted molar refractivity (Wildman–Crippen MR) is 96.5 cm³/mol. The summed E-state index contributed by atoms with van der Waals surface area (Å²) >= 11 is 0. The van der Waals surface area contributed by atoms with E-state index in [4.69, 9.17) is 0 Å². The highest BCUT2D eigenvalue weighted by atomic mass is 32.2. The first-order valence-electron chi connectivity index (χ1n) is 9.16. The van der Waals surface area contributed by atoms with Gasteiger partial charge in [0, 0.05) is 38.1 Å². The number of piperidine rings is 1. The average Bonchev–Trinajstić information content (AvgIpc) is 2.88. The van der Waals surface area contributed by atoms with E-state index in [9.17, 15) is 17.6 Å². The first kappa shape index (κ1) is 19.3. The molecule has 1 amide bonds. The number of carbonyl (C=O) groups is 1. The molecule has 6 nitrogen and oxygen atoms in total. The first-order chi connectivity index (χ1) is 12.4. The normalized spacial score (nSPS) is 25.7. The number of halogens is 1. The molecule has 144 valence electrons. The maximum absolute atomic E-state index is 13.1. The molecular formula is C18H26FN3O3S. The third kappa shape index (κ3) is 4.24. The molecular weight excluding hydrogens is 357 g/mol.